The maximum atomic E-state index is 11.0. The summed E-state index contributed by atoms with van der Waals surface area (Å²) in [6, 6.07) is 8.06. The minimum atomic E-state index is -0.367. The van der Waals surface area contributed by atoms with E-state index in [1.807, 2.05) is 12.1 Å². The number of primary amides is 1. The molecule has 0 aliphatic heterocycles. The molecule has 1 amide bonds. The number of anilines is 1. The molecule has 1 aromatic rings. The first-order valence-electron chi connectivity index (χ1n) is 7.85. The predicted octanol–water partition coefficient (Wildman–Crippen LogP) is 3.95. The standard InChI is InChI=1S/C17H26N2O/c1-2-4-13-5-3-6-15(10-7-13)19-16-11-8-14(9-12-16)17(18)20/h8-9,11-13,15,19H,2-7,10H2,1H3,(H2,18,20). The average Bonchev–Trinajstić information content (AvgIpc) is 2.66. The molecule has 3 N–H and O–H groups in total. The van der Waals surface area contributed by atoms with Crippen LogP contribution in [0.4, 0.5) is 5.69 Å². The number of hydrogen-bond donors (Lipinski definition) is 2. The minimum absolute atomic E-state index is 0.367. The maximum absolute atomic E-state index is 11.0. The zero-order valence-electron chi connectivity index (χ0n) is 12.4. The van der Waals surface area contributed by atoms with Crippen LogP contribution in [0.2, 0.25) is 0 Å². The van der Waals surface area contributed by atoms with Gasteiger partial charge in [-0.1, -0.05) is 32.6 Å². The Morgan fingerprint density at radius 3 is 2.60 bits per heavy atom. The zero-order valence-corrected chi connectivity index (χ0v) is 12.4. The molecule has 0 saturated heterocycles. The molecule has 1 fully saturated rings. The third-order valence-corrected chi connectivity index (χ3v) is 4.33. The van der Waals surface area contributed by atoms with E-state index in [-0.39, 0.29) is 5.91 Å². The summed E-state index contributed by atoms with van der Waals surface area (Å²) >= 11 is 0. The van der Waals surface area contributed by atoms with Crippen molar-refractivity contribution in [1.82, 2.24) is 0 Å². The van der Waals surface area contributed by atoms with Crippen molar-refractivity contribution >= 4 is 11.6 Å². The van der Waals surface area contributed by atoms with Gasteiger partial charge in [0.15, 0.2) is 0 Å². The van der Waals surface area contributed by atoms with Gasteiger partial charge in [-0.25, -0.2) is 0 Å². The van der Waals surface area contributed by atoms with Crippen LogP contribution in [0.1, 0.15) is 62.2 Å². The molecule has 110 valence electrons. The minimum Gasteiger partial charge on any atom is -0.382 e. The van der Waals surface area contributed by atoms with Crippen molar-refractivity contribution in [3.05, 3.63) is 29.8 Å². The maximum Gasteiger partial charge on any atom is 0.248 e. The quantitative estimate of drug-likeness (QED) is 0.799. The smallest absolute Gasteiger partial charge is 0.248 e. The van der Waals surface area contributed by atoms with Crippen molar-refractivity contribution < 1.29 is 4.79 Å². The molecule has 2 atom stereocenters. The number of carbonyl (C=O) groups is 1. The van der Waals surface area contributed by atoms with Crippen LogP contribution in [0.5, 0.6) is 0 Å². The first kappa shape index (κ1) is 14.9. The Kier molecular flexibility index (Phi) is 5.45. The Bertz CT molecular complexity index is 427. The summed E-state index contributed by atoms with van der Waals surface area (Å²) in [6.07, 6.45) is 9.22. The van der Waals surface area contributed by atoms with Crippen LogP contribution in [0.25, 0.3) is 0 Å². The molecular formula is C17H26N2O. The average molecular weight is 274 g/mol. The summed E-state index contributed by atoms with van der Waals surface area (Å²) < 4.78 is 0. The van der Waals surface area contributed by atoms with E-state index in [2.05, 4.69) is 12.2 Å². The lowest BCUT2D eigenvalue weighted by molar-refractivity contribution is 0.100. The van der Waals surface area contributed by atoms with Crippen molar-refractivity contribution in [1.29, 1.82) is 0 Å². The molecule has 2 rings (SSSR count). The lowest BCUT2D eigenvalue weighted by Crippen LogP contribution is -2.18. The van der Waals surface area contributed by atoms with Gasteiger partial charge in [0.2, 0.25) is 5.91 Å². The van der Waals surface area contributed by atoms with Crippen LogP contribution in [-0.4, -0.2) is 11.9 Å². The van der Waals surface area contributed by atoms with Crippen molar-refractivity contribution in [3.8, 4) is 0 Å². The normalized spacial score (nSPS) is 23.1. The van der Waals surface area contributed by atoms with Gasteiger partial charge in [-0.3, -0.25) is 4.79 Å². The molecule has 20 heavy (non-hydrogen) atoms. The van der Waals surface area contributed by atoms with Crippen molar-refractivity contribution in [3.63, 3.8) is 0 Å². The Hall–Kier alpha value is -1.51. The number of benzene rings is 1. The summed E-state index contributed by atoms with van der Waals surface area (Å²) in [5, 5.41) is 3.60. The number of hydrogen-bond acceptors (Lipinski definition) is 2. The van der Waals surface area contributed by atoms with Crippen LogP contribution in [0.3, 0.4) is 0 Å². The van der Waals surface area contributed by atoms with Gasteiger partial charge in [0.05, 0.1) is 0 Å². The van der Waals surface area contributed by atoms with Crippen LogP contribution in [-0.2, 0) is 0 Å². The van der Waals surface area contributed by atoms with Crippen LogP contribution in [0, 0.1) is 5.92 Å². The number of amides is 1. The summed E-state index contributed by atoms with van der Waals surface area (Å²) in [4.78, 5) is 11.0. The summed E-state index contributed by atoms with van der Waals surface area (Å²) in [5.74, 6) is 0.553. The Labute approximate surface area is 121 Å². The van der Waals surface area contributed by atoms with Gasteiger partial charge in [-0.05, 0) is 49.4 Å². The molecule has 0 heterocycles. The van der Waals surface area contributed by atoms with Crippen LogP contribution < -0.4 is 11.1 Å². The largest absolute Gasteiger partial charge is 0.382 e. The van der Waals surface area contributed by atoms with E-state index in [9.17, 15) is 4.79 Å². The molecule has 0 bridgehead atoms. The SMILES string of the molecule is CCCC1CCCC(Nc2ccc(C(N)=O)cc2)CC1. The van der Waals surface area contributed by atoms with Gasteiger partial charge in [-0.15, -0.1) is 0 Å². The predicted molar refractivity (Wildman–Crippen MR) is 83.9 cm³/mol. The fourth-order valence-electron chi connectivity index (χ4n) is 3.19. The van der Waals surface area contributed by atoms with E-state index < -0.39 is 0 Å². The van der Waals surface area contributed by atoms with E-state index in [0.29, 0.717) is 11.6 Å². The van der Waals surface area contributed by atoms with Gasteiger partial charge < -0.3 is 11.1 Å². The van der Waals surface area contributed by atoms with Gasteiger partial charge in [0.1, 0.15) is 0 Å². The second-order valence-corrected chi connectivity index (χ2v) is 5.95. The van der Waals surface area contributed by atoms with Gasteiger partial charge in [0, 0.05) is 17.3 Å². The van der Waals surface area contributed by atoms with Gasteiger partial charge >= 0.3 is 0 Å². The second kappa shape index (κ2) is 7.32. The molecule has 1 aliphatic carbocycles. The highest BCUT2D eigenvalue weighted by atomic mass is 16.1. The first-order chi connectivity index (χ1) is 9.69. The number of nitrogens with two attached hydrogens (primary N) is 1. The molecule has 0 radical (unpaired) electrons. The Balaban J connectivity index is 1.88. The Morgan fingerprint density at radius 2 is 1.95 bits per heavy atom. The molecule has 1 aliphatic rings. The molecule has 1 saturated carbocycles. The second-order valence-electron chi connectivity index (χ2n) is 5.95. The highest BCUT2D eigenvalue weighted by Crippen LogP contribution is 2.28. The van der Waals surface area contributed by atoms with Crippen LogP contribution in [0.15, 0.2) is 24.3 Å². The monoisotopic (exact) mass is 274 g/mol. The number of carbonyl (C=O) groups excluding carboxylic acids is 1. The lowest BCUT2D eigenvalue weighted by Gasteiger charge is -2.18. The Morgan fingerprint density at radius 1 is 1.20 bits per heavy atom. The van der Waals surface area contributed by atoms with E-state index >= 15 is 0 Å². The molecule has 3 heteroatoms. The van der Waals surface area contributed by atoms with Crippen molar-refractivity contribution in [2.45, 2.75) is 57.9 Å². The van der Waals surface area contributed by atoms with Crippen molar-refractivity contribution in [2.75, 3.05) is 5.32 Å². The third-order valence-electron chi connectivity index (χ3n) is 4.33. The number of rotatable bonds is 5. The van der Waals surface area contributed by atoms with E-state index in [1.165, 1.54) is 44.9 Å². The van der Waals surface area contributed by atoms with Crippen molar-refractivity contribution in [2.24, 2.45) is 11.7 Å². The summed E-state index contributed by atoms with van der Waals surface area (Å²) in [6.45, 7) is 2.28. The molecule has 1 aromatic carbocycles. The molecule has 0 aromatic heterocycles. The summed E-state index contributed by atoms with van der Waals surface area (Å²) in [7, 11) is 0. The molecule has 3 nitrogen and oxygen atoms in total. The van der Waals surface area contributed by atoms with Gasteiger partial charge in [0.25, 0.3) is 0 Å². The topological polar surface area (TPSA) is 55.1 Å². The number of nitrogens with one attached hydrogen (secondary N) is 1. The fraction of sp³-hybridized carbons (Fsp3) is 0.588. The van der Waals surface area contributed by atoms with Gasteiger partial charge in [-0.2, -0.15) is 0 Å². The van der Waals surface area contributed by atoms with E-state index in [4.69, 9.17) is 5.73 Å². The van der Waals surface area contributed by atoms with E-state index in [0.717, 1.165) is 11.6 Å². The highest BCUT2D eigenvalue weighted by Gasteiger charge is 2.18. The first-order valence-corrected chi connectivity index (χ1v) is 7.85. The van der Waals surface area contributed by atoms with Crippen LogP contribution >= 0.6 is 0 Å². The lowest BCUT2D eigenvalue weighted by atomic mass is 9.95. The third kappa shape index (κ3) is 4.26. The molecule has 0 spiro atoms. The highest BCUT2D eigenvalue weighted by molar-refractivity contribution is 5.93. The molecule has 2 unspecified atom stereocenters. The van der Waals surface area contributed by atoms with E-state index in [1.54, 1.807) is 12.1 Å². The molecular weight excluding hydrogens is 248 g/mol. The zero-order chi connectivity index (χ0) is 14.4. The summed E-state index contributed by atoms with van der Waals surface area (Å²) in [5.41, 5.74) is 6.91. The fourth-order valence-corrected chi connectivity index (χ4v) is 3.19.